The van der Waals surface area contributed by atoms with Gasteiger partial charge in [-0.2, -0.15) is 0 Å². The Balaban J connectivity index is 2.13. The van der Waals surface area contributed by atoms with Gasteiger partial charge in [0.25, 0.3) is 0 Å². The van der Waals surface area contributed by atoms with Crippen molar-refractivity contribution >= 4 is 38.7 Å². The Morgan fingerprint density at radius 1 is 1.14 bits per heavy atom. The summed E-state index contributed by atoms with van der Waals surface area (Å²) in [6.45, 7) is 0. The lowest BCUT2D eigenvalue weighted by Crippen LogP contribution is -2.23. The van der Waals surface area contributed by atoms with E-state index in [9.17, 15) is 13.2 Å². The summed E-state index contributed by atoms with van der Waals surface area (Å²) < 4.78 is 24.3. The van der Waals surface area contributed by atoms with Crippen molar-refractivity contribution in [2.45, 2.75) is 4.90 Å². The molecule has 3 N–H and O–H groups in total. The Morgan fingerprint density at radius 3 is 2.43 bits per heavy atom. The van der Waals surface area contributed by atoms with Crippen molar-refractivity contribution < 1.29 is 13.2 Å². The van der Waals surface area contributed by atoms with Crippen LogP contribution in [0.15, 0.2) is 53.4 Å². The molecule has 0 heterocycles. The molecule has 2 rings (SSSR count). The molecule has 21 heavy (non-hydrogen) atoms. The van der Waals surface area contributed by atoms with E-state index >= 15 is 0 Å². The van der Waals surface area contributed by atoms with E-state index in [4.69, 9.17) is 17.3 Å². The SMILES string of the molecule is Nc1ccc(S(=O)(=O)CC(=O)Nc2ccccc2)cc1Cl. The smallest absolute Gasteiger partial charge is 0.239 e. The van der Waals surface area contributed by atoms with Crippen LogP contribution >= 0.6 is 11.6 Å². The molecular weight excluding hydrogens is 312 g/mol. The fourth-order valence-electron chi connectivity index (χ4n) is 1.68. The van der Waals surface area contributed by atoms with E-state index in [0.29, 0.717) is 5.69 Å². The maximum Gasteiger partial charge on any atom is 0.239 e. The largest absolute Gasteiger partial charge is 0.398 e. The fraction of sp³-hybridized carbons (Fsp3) is 0.0714. The van der Waals surface area contributed by atoms with Crippen LogP contribution in [0.25, 0.3) is 0 Å². The maximum atomic E-state index is 12.1. The fourth-order valence-corrected chi connectivity index (χ4v) is 3.08. The van der Waals surface area contributed by atoms with E-state index in [1.165, 1.54) is 18.2 Å². The van der Waals surface area contributed by atoms with Gasteiger partial charge in [0.1, 0.15) is 5.75 Å². The zero-order chi connectivity index (χ0) is 15.5. The number of sulfone groups is 1. The predicted octanol–water partition coefficient (Wildman–Crippen LogP) is 2.33. The van der Waals surface area contributed by atoms with Gasteiger partial charge in [0.05, 0.1) is 15.6 Å². The Hall–Kier alpha value is -2.05. The van der Waals surface area contributed by atoms with Gasteiger partial charge in [0, 0.05) is 5.69 Å². The molecule has 0 spiro atoms. The topological polar surface area (TPSA) is 89.3 Å². The lowest BCUT2D eigenvalue weighted by atomic mass is 10.3. The molecule has 0 fully saturated rings. The molecule has 0 radical (unpaired) electrons. The first kappa shape index (κ1) is 15.3. The van der Waals surface area contributed by atoms with Crippen molar-refractivity contribution in [1.82, 2.24) is 0 Å². The molecule has 0 aliphatic carbocycles. The van der Waals surface area contributed by atoms with Crippen LogP contribution < -0.4 is 11.1 Å². The molecule has 0 bridgehead atoms. The predicted molar refractivity (Wildman–Crippen MR) is 83.0 cm³/mol. The van der Waals surface area contributed by atoms with E-state index in [1.807, 2.05) is 0 Å². The number of benzene rings is 2. The third kappa shape index (κ3) is 3.96. The number of halogens is 1. The molecule has 110 valence electrons. The lowest BCUT2D eigenvalue weighted by Gasteiger charge is -2.07. The van der Waals surface area contributed by atoms with Crippen molar-refractivity contribution in [3.8, 4) is 0 Å². The lowest BCUT2D eigenvalue weighted by molar-refractivity contribution is -0.113. The number of amides is 1. The van der Waals surface area contributed by atoms with Crippen molar-refractivity contribution in [3.63, 3.8) is 0 Å². The summed E-state index contributed by atoms with van der Waals surface area (Å²) in [6.07, 6.45) is 0. The van der Waals surface area contributed by atoms with Crippen molar-refractivity contribution in [1.29, 1.82) is 0 Å². The molecule has 0 aliphatic heterocycles. The minimum absolute atomic E-state index is 0.0371. The van der Waals surface area contributed by atoms with E-state index in [2.05, 4.69) is 5.32 Å². The molecule has 2 aromatic carbocycles. The van der Waals surface area contributed by atoms with Gasteiger partial charge in [0.15, 0.2) is 9.84 Å². The summed E-state index contributed by atoms with van der Waals surface area (Å²) in [5.74, 6) is -1.28. The number of carbonyl (C=O) groups is 1. The minimum atomic E-state index is -3.77. The number of hydrogen-bond acceptors (Lipinski definition) is 4. The van der Waals surface area contributed by atoms with Crippen LogP contribution in [0, 0.1) is 0 Å². The van der Waals surface area contributed by atoms with E-state index < -0.39 is 21.5 Å². The number of anilines is 2. The molecule has 0 aliphatic rings. The number of nitrogens with one attached hydrogen (secondary N) is 1. The molecule has 0 unspecified atom stereocenters. The van der Waals surface area contributed by atoms with Crippen LogP contribution in [0.3, 0.4) is 0 Å². The number of nitrogens with two attached hydrogens (primary N) is 1. The second-order valence-electron chi connectivity index (χ2n) is 4.36. The number of hydrogen-bond donors (Lipinski definition) is 2. The van der Waals surface area contributed by atoms with Crippen LogP contribution in [0.1, 0.15) is 0 Å². The summed E-state index contributed by atoms with van der Waals surface area (Å²) in [6, 6.07) is 12.6. The number of nitrogen functional groups attached to an aromatic ring is 1. The first-order valence-corrected chi connectivity index (χ1v) is 8.04. The van der Waals surface area contributed by atoms with Gasteiger partial charge in [-0.25, -0.2) is 8.42 Å². The minimum Gasteiger partial charge on any atom is -0.398 e. The van der Waals surface area contributed by atoms with Gasteiger partial charge in [-0.3, -0.25) is 4.79 Å². The van der Waals surface area contributed by atoms with E-state index in [0.717, 1.165) is 0 Å². The van der Waals surface area contributed by atoms with Crippen LogP contribution in [-0.2, 0) is 14.6 Å². The molecule has 0 aromatic heterocycles. The van der Waals surface area contributed by atoms with Gasteiger partial charge in [-0.1, -0.05) is 29.8 Å². The second kappa shape index (κ2) is 6.15. The standard InChI is InChI=1S/C14H13ClN2O3S/c15-12-8-11(6-7-13(12)16)21(19,20)9-14(18)17-10-4-2-1-3-5-10/h1-8H,9,16H2,(H,17,18). The highest BCUT2D eigenvalue weighted by atomic mass is 35.5. The van der Waals surface area contributed by atoms with Gasteiger partial charge in [0.2, 0.25) is 5.91 Å². The monoisotopic (exact) mass is 324 g/mol. The maximum absolute atomic E-state index is 12.1. The second-order valence-corrected chi connectivity index (χ2v) is 6.75. The molecule has 5 nitrogen and oxygen atoms in total. The highest BCUT2D eigenvalue weighted by Gasteiger charge is 2.20. The number of rotatable bonds is 4. The third-order valence-electron chi connectivity index (χ3n) is 2.71. The van der Waals surface area contributed by atoms with E-state index in [-0.39, 0.29) is 15.6 Å². The molecular formula is C14H13ClN2O3S. The molecule has 0 saturated heterocycles. The molecule has 1 amide bonds. The number of para-hydroxylation sites is 1. The van der Waals surface area contributed by atoms with Gasteiger partial charge < -0.3 is 11.1 Å². The highest BCUT2D eigenvalue weighted by molar-refractivity contribution is 7.92. The molecule has 0 saturated carbocycles. The highest BCUT2D eigenvalue weighted by Crippen LogP contribution is 2.23. The van der Waals surface area contributed by atoms with Gasteiger partial charge >= 0.3 is 0 Å². The van der Waals surface area contributed by atoms with Crippen LogP contribution in [0.5, 0.6) is 0 Å². The van der Waals surface area contributed by atoms with Crippen LogP contribution in [0.2, 0.25) is 5.02 Å². The quantitative estimate of drug-likeness (QED) is 0.845. The summed E-state index contributed by atoms with van der Waals surface area (Å²) in [5.41, 5.74) is 6.35. The molecule has 2 aromatic rings. The van der Waals surface area contributed by atoms with Crippen molar-refractivity contribution in [2.24, 2.45) is 0 Å². The Labute approximate surface area is 127 Å². The Bertz CT molecular complexity index is 761. The summed E-state index contributed by atoms with van der Waals surface area (Å²) in [4.78, 5) is 11.8. The van der Waals surface area contributed by atoms with Gasteiger partial charge in [-0.15, -0.1) is 0 Å². The average molecular weight is 325 g/mol. The summed E-state index contributed by atoms with van der Waals surface area (Å²) in [7, 11) is -3.77. The van der Waals surface area contributed by atoms with E-state index in [1.54, 1.807) is 30.3 Å². The Morgan fingerprint density at radius 2 is 1.81 bits per heavy atom. The van der Waals surface area contributed by atoms with Crippen LogP contribution in [0.4, 0.5) is 11.4 Å². The Kier molecular flexibility index (Phi) is 4.50. The van der Waals surface area contributed by atoms with Gasteiger partial charge in [-0.05, 0) is 30.3 Å². The zero-order valence-electron chi connectivity index (χ0n) is 10.9. The first-order valence-electron chi connectivity index (χ1n) is 6.01. The normalized spacial score (nSPS) is 11.1. The summed E-state index contributed by atoms with van der Waals surface area (Å²) >= 11 is 5.80. The number of carbonyl (C=O) groups excluding carboxylic acids is 1. The first-order chi connectivity index (χ1) is 9.88. The average Bonchev–Trinajstić information content (AvgIpc) is 2.42. The van der Waals surface area contributed by atoms with Crippen molar-refractivity contribution in [3.05, 3.63) is 53.6 Å². The third-order valence-corrected chi connectivity index (χ3v) is 4.65. The zero-order valence-corrected chi connectivity index (χ0v) is 12.5. The van der Waals surface area contributed by atoms with Crippen LogP contribution in [-0.4, -0.2) is 20.1 Å². The molecule has 0 atom stereocenters. The molecule has 7 heteroatoms. The summed E-state index contributed by atoms with van der Waals surface area (Å²) in [5, 5.41) is 2.66. The van der Waals surface area contributed by atoms with Crippen molar-refractivity contribution in [2.75, 3.05) is 16.8 Å².